The first-order chi connectivity index (χ1) is 7.83. The van der Waals surface area contributed by atoms with Crippen molar-refractivity contribution >= 4 is 7.25 Å². The summed E-state index contributed by atoms with van der Waals surface area (Å²) in [6.07, 6.45) is 8.39. The summed E-state index contributed by atoms with van der Waals surface area (Å²) in [5.41, 5.74) is 1.28. The van der Waals surface area contributed by atoms with Crippen LogP contribution in [0.1, 0.15) is 44.1 Å². The van der Waals surface area contributed by atoms with Crippen LogP contribution in [0.5, 0.6) is 0 Å². The van der Waals surface area contributed by atoms with Crippen molar-refractivity contribution in [3.8, 4) is 0 Å². The van der Waals surface area contributed by atoms with Gasteiger partial charge >= 0.3 is 7.25 Å². The molecular weight excluding hydrogens is 235 g/mol. The Morgan fingerprint density at radius 1 is 1.18 bits per heavy atom. The Balaban J connectivity index is 0.000000437. The van der Waals surface area contributed by atoms with Gasteiger partial charge in [-0.2, -0.15) is 0 Å². The highest BCUT2D eigenvalue weighted by atomic mass is 19.5. The number of hydrogen-bond acceptors (Lipinski definition) is 1. The van der Waals surface area contributed by atoms with Gasteiger partial charge in [-0.05, 0) is 19.8 Å². The van der Waals surface area contributed by atoms with Gasteiger partial charge in [-0.3, -0.25) is 0 Å². The lowest BCUT2D eigenvalue weighted by Gasteiger charge is -1.96. The molecule has 1 aromatic heterocycles. The molecule has 17 heavy (non-hydrogen) atoms. The molecule has 2 nitrogen and oxygen atoms in total. The van der Waals surface area contributed by atoms with E-state index in [4.69, 9.17) is 0 Å². The van der Waals surface area contributed by atoms with Gasteiger partial charge in [0.2, 0.25) is 0 Å². The van der Waals surface area contributed by atoms with Gasteiger partial charge < -0.3 is 22.2 Å². The summed E-state index contributed by atoms with van der Waals surface area (Å²) >= 11 is 0. The zero-order chi connectivity index (χ0) is 13.3. The van der Waals surface area contributed by atoms with Gasteiger partial charge in [0.15, 0.2) is 0 Å². The fraction of sp³-hybridized carbons (Fsp3) is 0.700. The van der Waals surface area contributed by atoms with Crippen molar-refractivity contribution in [2.45, 2.75) is 46.0 Å². The second-order valence-electron chi connectivity index (χ2n) is 3.80. The Labute approximate surface area is 98.9 Å². The third-order valence-corrected chi connectivity index (χ3v) is 2.06. The van der Waals surface area contributed by atoms with E-state index in [9.17, 15) is 17.3 Å². The standard InChI is InChI=1S/C10H18N2.BF4/c1-3-4-5-6-7-10-8-11-9(2)12-10;2-1(3,4)5/h8H,3-7H2,1-2H3,(H,11,12);/q;-1. The minimum atomic E-state index is -6.00. The normalized spacial score (nSPS) is 10.9. The first kappa shape index (κ1) is 16.0. The molecule has 0 unspecified atom stereocenters. The molecule has 1 rings (SSSR count). The van der Waals surface area contributed by atoms with E-state index in [1.807, 2.05) is 13.1 Å². The van der Waals surface area contributed by atoms with Crippen LogP contribution in [-0.2, 0) is 6.42 Å². The van der Waals surface area contributed by atoms with Crippen LogP contribution < -0.4 is 0 Å². The Bertz CT molecular complexity index is 293. The lowest BCUT2D eigenvalue weighted by atomic mass is 10.1. The van der Waals surface area contributed by atoms with Crippen molar-refractivity contribution in [3.05, 3.63) is 17.7 Å². The lowest BCUT2D eigenvalue weighted by molar-refractivity contribution is 0.368. The average Bonchev–Trinajstić information content (AvgIpc) is 2.56. The van der Waals surface area contributed by atoms with Crippen molar-refractivity contribution in [2.75, 3.05) is 0 Å². The summed E-state index contributed by atoms with van der Waals surface area (Å²) in [7, 11) is -6.00. The molecule has 0 spiro atoms. The van der Waals surface area contributed by atoms with Crippen LogP contribution in [-0.4, -0.2) is 17.2 Å². The zero-order valence-electron chi connectivity index (χ0n) is 10.1. The molecule has 1 N–H and O–H groups in total. The molecule has 0 fully saturated rings. The van der Waals surface area contributed by atoms with Crippen LogP contribution in [0.3, 0.4) is 0 Å². The van der Waals surface area contributed by atoms with Gasteiger partial charge in [0.25, 0.3) is 0 Å². The third kappa shape index (κ3) is 12.9. The second-order valence-corrected chi connectivity index (χ2v) is 3.80. The highest BCUT2D eigenvalue weighted by Gasteiger charge is 2.20. The summed E-state index contributed by atoms with van der Waals surface area (Å²) in [6.45, 7) is 4.23. The van der Waals surface area contributed by atoms with Crippen molar-refractivity contribution < 1.29 is 17.3 Å². The number of nitrogens with one attached hydrogen (secondary N) is 1. The van der Waals surface area contributed by atoms with Crippen LogP contribution in [0, 0.1) is 6.92 Å². The highest BCUT2D eigenvalue weighted by Crippen LogP contribution is 2.06. The number of nitrogens with zero attached hydrogens (tertiary/aromatic N) is 1. The van der Waals surface area contributed by atoms with Crippen molar-refractivity contribution in [1.29, 1.82) is 0 Å². The SMILES string of the molecule is CCCCCCc1cnc(C)[nH]1.F[B-](F)(F)F. The molecule has 0 saturated heterocycles. The van der Waals surface area contributed by atoms with Crippen LogP contribution in [0.2, 0.25) is 0 Å². The second kappa shape index (κ2) is 8.14. The highest BCUT2D eigenvalue weighted by molar-refractivity contribution is 6.50. The number of aromatic amines is 1. The zero-order valence-corrected chi connectivity index (χ0v) is 10.1. The lowest BCUT2D eigenvalue weighted by Crippen LogP contribution is -2.02. The molecule has 7 heteroatoms. The van der Waals surface area contributed by atoms with Gasteiger partial charge in [-0.15, -0.1) is 0 Å². The number of aryl methyl sites for hydroxylation is 2. The number of imidazole rings is 1. The molecule has 0 bridgehead atoms. The fourth-order valence-electron chi connectivity index (χ4n) is 1.34. The Morgan fingerprint density at radius 3 is 2.18 bits per heavy atom. The largest absolute Gasteiger partial charge is 0.673 e. The topological polar surface area (TPSA) is 28.7 Å². The van der Waals surface area contributed by atoms with Crippen molar-refractivity contribution in [2.24, 2.45) is 0 Å². The summed E-state index contributed by atoms with van der Waals surface area (Å²) < 4.78 is 39.0. The van der Waals surface area contributed by atoms with Crippen molar-refractivity contribution in [3.63, 3.8) is 0 Å². The van der Waals surface area contributed by atoms with E-state index in [2.05, 4.69) is 16.9 Å². The van der Waals surface area contributed by atoms with Crippen molar-refractivity contribution in [1.82, 2.24) is 9.97 Å². The molecule has 0 amide bonds. The summed E-state index contributed by atoms with van der Waals surface area (Å²) in [4.78, 5) is 7.40. The number of aromatic nitrogens is 2. The minimum Gasteiger partial charge on any atom is -0.418 e. The summed E-state index contributed by atoms with van der Waals surface area (Å²) in [5.74, 6) is 1.03. The predicted octanol–water partition coefficient (Wildman–Crippen LogP) is 4.14. The first-order valence-electron chi connectivity index (χ1n) is 5.70. The minimum absolute atomic E-state index is 1.03. The van der Waals surface area contributed by atoms with Gasteiger partial charge in [-0.25, -0.2) is 4.98 Å². The van der Waals surface area contributed by atoms with E-state index >= 15 is 0 Å². The van der Waals surface area contributed by atoms with E-state index < -0.39 is 7.25 Å². The van der Waals surface area contributed by atoms with E-state index in [-0.39, 0.29) is 0 Å². The number of rotatable bonds is 5. The van der Waals surface area contributed by atoms with E-state index in [1.54, 1.807) is 0 Å². The average molecular weight is 253 g/mol. The molecule has 0 aromatic carbocycles. The Morgan fingerprint density at radius 2 is 1.76 bits per heavy atom. The third-order valence-electron chi connectivity index (χ3n) is 2.06. The molecule has 0 aliphatic carbocycles. The molecule has 0 aliphatic rings. The maximum absolute atomic E-state index is 9.75. The predicted molar refractivity (Wildman–Crippen MR) is 61.4 cm³/mol. The van der Waals surface area contributed by atoms with E-state index in [0.717, 1.165) is 12.2 Å². The molecule has 0 aliphatic heterocycles. The van der Waals surface area contributed by atoms with Gasteiger partial charge in [0.1, 0.15) is 5.82 Å². The van der Waals surface area contributed by atoms with E-state index in [1.165, 1.54) is 31.4 Å². The van der Waals surface area contributed by atoms with Gasteiger partial charge in [-0.1, -0.05) is 26.2 Å². The summed E-state index contributed by atoms with van der Waals surface area (Å²) in [5, 5.41) is 0. The maximum atomic E-state index is 9.75. The Kier molecular flexibility index (Phi) is 7.66. The van der Waals surface area contributed by atoms with E-state index in [0.29, 0.717) is 0 Å². The quantitative estimate of drug-likeness (QED) is 0.476. The molecule has 1 heterocycles. The number of unbranched alkanes of at least 4 members (excludes halogenated alkanes) is 3. The Hall–Kier alpha value is -1.01. The van der Waals surface area contributed by atoms with Crippen LogP contribution in [0.25, 0.3) is 0 Å². The number of H-pyrrole nitrogens is 1. The molecule has 100 valence electrons. The summed E-state index contributed by atoms with van der Waals surface area (Å²) in [6, 6.07) is 0. The van der Waals surface area contributed by atoms with Gasteiger partial charge in [0, 0.05) is 11.9 Å². The first-order valence-corrected chi connectivity index (χ1v) is 5.70. The monoisotopic (exact) mass is 253 g/mol. The molecular formula is C10H18BF4N2-. The molecule has 0 saturated carbocycles. The number of halogens is 4. The molecule has 1 aromatic rings. The van der Waals surface area contributed by atoms with Crippen LogP contribution >= 0.6 is 0 Å². The van der Waals surface area contributed by atoms with Crippen LogP contribution in [0.15, 0.2) is 6.20 Å². The van der Waals surface area contributed by atoms with Crippen LogP contribution in [0.4, 0.5) is 17.3 Å². The maximum Gasteiger partial charge on any atom is 0.673 e. The molecule has 0 radical (unpaired) electrons. The fourth-order valence-corrected chi connectivity index (χ4v) is 1.34. The smallest absolute Gasteiger partial charge is 0.418 e. The van der Waals surface area contributed by atoms with Gasteiger partial charge in [0.05, 0.1) is 0 Å². The number of hydrogen-bond donors (Lipinski definition) is 1. The molecule has 0 atom stereocenters.